The van der Waals surface area contributed by atoms with E-state index in [9.17, 15) is 18.0 Å². The maximum Gasteiger partial charge on any atom is 0.251 e. The molecule has 8 heteroatoms. The zero-order chi connectivity index (χ0) is 19.4. The van der Waals surface area contributed by atoms with Crippen molar-refractivity contribution in [3.05, 3.63) is 77.2 Å². The second-order valence-corrected chi connectivity index (χ2v) is 6.28. The Hall–Kier alpha value is -2.64. The zero-order valence-corrected chi connectivity index (χ0v) is 15.6. The molecule has 0 saturated carbocycles. The van der Waals surface area contributed by atoms with Crippen molar-refractivity contribution in [3.8, 4) is 0 Å². The lowest BCUT2D eigenvalue weighted by atomic mass is 10.0. The van der Waals surface area contributed by atoms with Crippen molar-refractivity contribution in [2.45, 2.75) is 18.9 Å². The van der Waals surface area contributed by atoms with Crippen LogP contribution in [-0.2, 0) is 6.42 Å². The number of amides is 1. The second-order valence-electron chi connectivity index (χ2n) is 6.28. The predicted octanol–water partition coefficient (Wildman–Crippen LogP) is 3.76. The van der Waals surface area contributed by atoms with Crippen molar-refractivity contribution in [1.29, 1.82) is 0 Å². The van der Waals surface area contributed by atoms with Crippen LogP contribution in [0, 0.1) is 17.5 Å². The normalized spacial score (nSPS) is 11.7. The minimum Gasteiger partial charge on any atom is -0.352 e. The number of hydrogen-bond donors (Lipinski definition) is 2. The lowest BCUT2D eigenvalue weighted by molar-refractivity contribution is 0.0952. The number of nitrogens with zero attached hydrogens (tertiary/aromatic N) is 1. The predicted molar refractivity (Wildman–Crippen MR) is 104 cm³/mol. The minimum absolute atomic E-state index is 0. The Morgan fingerprint density at radius 3 is 2.61 bits per heavy atom. The number of nitrogens with one attached hydrogen (secondary N) is 1. The van der Waals surface area contributed by atoms with Crippen molar-refractivity contribution >= 4 is 29.2 Å². The summed E-state index contributed by atoms with van der Waals surface area (Å²) >= 11 is 0. The molecule has 2 aromatic carbocycles. The Kier molecular flexibility index (Phi) is 7.37. The van der Waals surface area contributed by atoms with Gasteiger partial charge in [0.15, 0.2) is 11.6 Å². The average Bonchev–Trinajstić information content (AvgIpc) is 2.65. The molecule has 0 aliphatic heterocycles. The van der Waals surface area contributed by atoms with Crippen LogP contribution in [0.15, 0.2) is 48.7 Å². The van der Waals surface area contributed by atoms with E-state index in [4.69, 9.17) is 5.73 Å². The van der Waals surface area contributed by atoms with Crippen molar-refractivity contribution in [2.75, 3.05) is 6.54 Å². The van der Waals surface area contributed by atoms with Gasteiger partial charge >= 0.3 is 0 Å². The molecule has 1 amide bonds. The molecule has 1 aromatic heterocycles. The van der Waals surface area contributed by atoms with Gasteiger partial charge in [-0.05, 0) is 48.7 Å². The number of carbonyl (C=O) groups is 1. The van der Waals surface area contributed by atoms with E-state index in [0.29, 0.717) is 18.1 Å². The maximum atomic E-state index is 13.7. The largest absolute Gasteiger partial charge is 0.352 e. The van der Waals surface area contributed by atoms with E-state index in [1.54, 1.807) is 30.5 Å². The molecule has 0 bridgehead atoms. The van der Waals surface area contributed by atoms with Gasteiger partial charge in [-0.15, -0.1) is 12.4 Å². The number of aromatic nitrogens is 1. The second kappa shape index (κ2) is 9.52. The molecular weight excluding hydrogens is 391 g/mol. The smallest absolute Gasteiger partial charge is 0.251 e. The highest BCUT2D eigenvalue weighted by Crippen LogP contribution is 2.16. The summed E-state index contributed by atoms with van der Waals surface area (Å²) in [6, 6.07) is 9.66. The van der Waals surface area contributed by atoms with Gasteiger partial charge in [0.1, 0.15) is 5.82 Å². The van der Waals surface area contributed by atoms with Gasteiger partial charge in [-0.3, -0.25) is 9.78 Å². The Bertz CT molecular complexity index is 984. The number of fused-ring (bicyclic) bond motifs is 1. The maximum absolute atomic E-state index is 13.7. The topological polar surface area (TPSA) is 68.0 Å². The van der Waals surface area contributed by atoms with Gasteiger partial charge in [0, 0.05) is 35.8 Å². The molecule has 28 heavy (non-hydrogen) atoms. The Balaban J connectivity index is 0.00000280. The number of hydrogen-bond acceptors (Lipinski definition) is 3. The third-order valence-corrected chi connectivity index (χ3v) is 4.24. The summed E-state index contributed by atoms with van der Waals surface area (Å²) in [4.78, 5) is 16.4. The van der Waals surface area contributed by atoms with Crippen molar-refractivity contribution in [1.82, 2.24) is 10.3 Å². The Morgan fingerprint density at radius 1 is 1.07 bits per heavy atom. The molecule has 0 aliphatic rings. The van der Waals surface area contributed by atoms with Gasteiger partial charge in [0.05, 0.1) is 5.52 Å². The van der Waals surface area contributed by atoms with Crippen LogP contribution >= 0.6 is 12.4 Å². The number of nitrogens with two attached hydrogens (primary N) is 1. The summed E-state index contributed by atoms with van der Waals surface area (Å²) in [6.45, 7) is 0.274. The van der Waals surface area contributed by atoms with Crippen LogP contribution in [0.4, 0.5) is 13.2 Å². The van der Waals surface area contributed by atoms with E-state index >= 15 is 0 Å². The number of carbonyl (C=O) groups excluding carboxylic acids is 1. The van der Waals surface area contributed by atoms with Crippen LogP contribution in [0.5, 0.6) is 0 Å². The summed E-state index contributed by atoms with van der Waals surface area (Å²) in [7, 11) is 0. The van der Waals surface area contributed by atoms with Crippen LogP contribution in [0.2, 0.25) is 0 Å². The number of pyridine rings is 1. The van der Waals surface area contributed by atoms with Crippen molar-refractivity contribution in [3.63, 3.8) is 0 Å². The minimum atomic E-state index is -1.23. The molecule has 3 rings (SSSR count). The first-order valence-electron chi connectivity index (χ1n) is 8.46. The van der Waals surface area contributed by atoms with E-state index in [0.717, 1.165) is 17.0 Å². The number of halogens is 4. The van der Waals surface area contributed by atoms with E-state index < -0.39 is 23.5 Å². The first-order valence-corrected chi connectivity index (χ1v) is 8.46. The fourth-order valence-electron chi connectivity index (χ4n) is 2.79. The molecule has 148 valence electrons. The highest BCUT2D eigenvalue weighted by molar-refractivity contribution is 5.97. The van der Waals surface area contributed by atoms with Crippen LogP contribution in [-0.4, -0.2) is 23.5 Å². The molecule has 0 spiro atoms. The zero-order valence-electron chi connectivity index (χ0n) is 14.8. The first-order chi connectivity index (χ1) is 12.9. The highest BCUT2D eigenvalue weighted by atomic mass is 35.5. The van der Waals surface area contributed by atoms with Gasteiger partial charge in [0.25, 0.3) is 5.91 Å². The van der Waals surface area contributed by atoms with Crippen LogP contribution < -0.4 is 11.1 Å². The fraction of sp³-hybridized carbons (Fsp3) is 0.200. The first kappa shape index (κ1) is 21.7. The fourth-order valence-corrected chi connectivity index (χ4v) is 2.79. The van der Waals surface area contributed by atoms with Crippen LogP contribution in [0.3, 0.4) is 0 Å². The highest BCUT2D eigenvalue weighted by Gasteiger charge is 2.14. The summed E-state index contributed by atoms with van der Waals surface area (Å²) in [5, 5.41) is 3.61. The molecule has 0 aliphatic carbocycles. The summed E-state index contributed by atoms with van der Waals surface area (Å²) in [6.07, 6.45) is 2.08. The lowest BCUT2D eigenvalue weighted by Gasteiger charge is -2.13. The summed E-state index contributed by atoms with van der Waals surface area (Å²) < 4.78 is 39.8. The molecule has 1 heterocycles. The molecule has 3 N–H and O–H groups in total. The third kappa shape index (κ3) is 5.21. The molecule has 1 atom stereocenters. The van der Waals surface area contributed by atoms with Gasteiger partial charge in [-0.25, -0.2) is 13.2 Å². The van der Waals surface area contributed by atoms with Crippen molar-refractivity contribution in [2.24, 2.45) is 5.73 Å². The van der Waals surface area contributed by atoms with Gasteiger partial charge in [-0.1, -0.05) is 6.07 Å². The quantitative estimate of drug-likeness (QED) is 0.609. The SMILES string of the molecule is Cl.N[C@@H](CCNC(=O)c1ccc2ncccc2c1)Cc1cc(F)c(F)cc1F. The molecule has 0 fully saturated rings. The van der Waals surface area contributed by atoms with E-state index in [1.807, 2.05) is 6.07 Å². The number of rotatable bonds is 6. The van der Waals surface area contributed by atoms with Crippen LogP contribution in [0.25, 0.3) is 10.9 Å². The molecule has 0 radical (unpaired) electrons. The van der Waals surface area contributed by atoms with E-state index in [-0.39, 0.29) is 36.8 Å². The van der Waals surface area contributed by atoms with E-state index in [2.05, 4.69) is 10.3 Å². The van der Waals surface area contributed by atoms with E-state index in [1.165, 1.54) is 0 Å². The van der Waals surface area contributed by atoms with Gasteiger partial charge in [0.2, 0.25) is 0 Å². The standard InChI is InChI=1S/C20H18F3N3O.ClH/c21-16-11-18(23)17(22)10-14(16)9-15(24)5-7-26-20(27)13-3-4-19-12(8-13)2-1-6-25-19;/h1-4,6,8,10-11,15H,5,7,9,24H2,(H,26,27);1H/t15-;/m0./s1. The average molecular weight is 410 g/mol. The lowest BCUT2D eigenvalue weighted by Crippen LogP contribution is -2.31. The summed E-state index contributed by atoms with van der Waals surface area (Å²) in [5.41, 5.74) is 7.22. The molecule has 3 aromatic rings. The summed E-state index contributed by atoms with van der Waals surface area (Å²) in [5.74, 6) is -3.44. The molecule has 4 nitrogen and oxygen atoms in total. The van der Waals surface area contributed by atoms with Crippen LogP contribution in [0.1, 0.15) is 22.3 Å². The van der Waals surface area contributed by atoms with Gasteiger partial charge in [-0.2, -0.15) is 0 Å². The molecule has 0 unspecified atom stereocenters. The van der Waals surface area contributed by atoms with Gasteiger partial charge < -0.3 is 11.1 Å². The molecular formula is C20H19ClF3N3O. The Morgan fingerprint density at radius 2 is 1.82 bits per heavy atom. The van der Waals surface area contributed by atoms with Crippen molar-refractivity contribution < 1.29 is 18.0 Å². The monoisotopic (exact) mass is 409 g/mol. The number of benzene rings is 2. The third-order valence-electron chi connectivity index (χ3n) is 4.24. The Labute approximate surface area is 166 Å². The molecule has 0 saturated heterocycles.